The number of carbonyl (C=O) groups excluding carboxylic acids is 1. The molecule has 0 heterocycles. The average Bonchev–Trinajstić information content (AvgIpc) is 2.62. The third kappa shape index (κ3) is 4.17. The monoisotopic (exact) mass is 445 g/mol. The Bertz CT molecular complexity index is 939. The molecule has 0 unspecified atom stereocenters. The minimum absolute atomic E-state index is 0.244. The molecule has 0 aliphatic heterocycles. The highest BCUT2D eigenvalue weighted by Crippen LogP contribution is 2.17. The van der Waals surface area contributed by atoms with Gasteiger partial charge in [0.05, 0.1) is 0 Å². The number of halogens is 1. The lowest BCUT2D eigenvalue weighted by Gasteiger charge is -2.16. The van der Waals surface area contributed by atoms with E-state index in [2.05, 4.69) is 27.9 Å². The van der Waals surface area contributed by atoms with Gasteiger partial charge in [0.2, 0.25) is 0 Å². The van der Waals surface area contributed by atoms with Crippen LogP contribution in [-0.4, -0.2) is 23.0 Å². The quantitative estimate of drug-likeness (QED) is 0.587. The Hall–Kier alpha value is -2.41. The van der Waals surface area contributed by atoms with Crippen LogP contribution < -0.4 is 5.32 Å². The first kappa shape index (κ1) is 17.4. The smallest absolute Gasteiger partial charge is 0.326 e. The van der Waals surface area contributed by atoms with Gasteiger partial charge in [-0.3, -0.25) is 4.79 Å². The molecule has 3 aromatic rings. The van der Waals surface area contributed by atoms with Crippen molar-refractivity contribution in [2.75, 3.05) is 0 Å². The lowest BCUT2D eigenvalue weighted by atomic mass is 10.0. The Morgan fingerprint density at radius 2 is 1.64 bits per heavy atom. The molecule has 1 amide bonds. The van der Waals surface area contributed by atoms with E-state index in [0.29, 0.717) is 5.56 Å². The van der Waals surface area contributed by atoms with Crippen molar-refractivity contribution in [2.24, 2.45) is 0 Å². The first-order valence-electron chi connectivity index (χ1n) is 7.80. The zero-order chi connectivity index (χ0) is 17.8. The summed E-state index contributed by atoms with van der Waals surface area (Å²) in [5.74, 6) is -1.43. The summed E-state index contributed by atoms with van der Waals surface area (Å²) in [4.78, 5) is 24.1. The Morgan fingerprint density at radius 1 is 0.960 bits per heavy atom. The van der Waals surface area contributed by atoms with Crippen molar-refractivity contribution in [1.29, 1.82) is 0 Å². The Kier molecular flexibility index (Phi) is 5.33. The van der Waals surface area contributed by atoms with Crippen molar-refractivity contribution < 1.29 is 14.7 Å². The van der Waals surface area contributed by atoms with E-state index in [1.807, 2.05) is 54.6 Å². The molecule has 1 atom stereocenters. The number of carboxylic acid groups (broad SMARTS) is 1. The zero-order valence-corrected chi connectivity index (χ0v) is 15.4. The van der Waals surface area contributed by atoms with Crippen LogP contribution in [0.5, 0.6) is 0 Å². The lowest BCUT2D eigenvalue weighted by Crippen LogP contribution is -2.42. The SMILES string of the molecule is O=C(N[C@@H](Cc1ccccc1I)C(=O)O)c1ccc2ccccc2c1. The Labute approximate surface area is 159 Å². The molecular weight excluding hydrogens is 429 g/mol. The maximum atomic E-state index is 12.5. The lowest BCUT2D eigenvalue weighted by molar-refractivity contribution is -0.139. The maximum Gasteiger partial charge on any atom is 0.326 e. The maximum absolute atomic E-state index is 12.5. The fourth-order valence-corrected chi connectivity index (χ4v) is 3.26. The minimum Gasteiger partial charge on any atom is -0.480 e. The molecule has 0 saturated carbocycles. The van der Waals surface area contributed by atoms with Crippen LogP contribution in [0.4, 0.5) is 0 Å². The summed E-state index contributed by atoms with van der Waals surface area (Å²) >= 11 is 2.17. The van der Waals surface area contributed by atoms with Gasteiger partial charge in [-0.15, -0.1) is 0 Å². The van der Waals surface area contributed by atoms with Gasteiger partial charge >= 0.3 is 5.97 Å². The Morgan fingerprint density at radius 3 is 2.36 bits per heavy atom. The van der Waals surface area contributed by atoms with Crippen molar-refractivity contribution in [3.8, 4) is 0 Å². The van der Waals surface area contributed by atoms with Crippen LogP contribution >= 0.6 is 22.6 Å². The molecule has 126 valence electrons. The molecule has 3 aromatic carbocycles. The minimum atomic E-state index is -1.05. The van der Waals surface area contributed by atoms with Crippen molar-refractivity contribution in [2.45, 2.75) is 12.5 Å². The second-order valence-electron chi connectivity index (χ2n) is 5.72. The van der Waals surface area contributed by atoms with Crippen LogP contribution in [0.3, 0.4) is 0 Å². The summed E-state index contributed by atoms with van der Waals surface area (Å²) in [6, 6.07) is 19.6. The number of nitrogens with one attached hydrogen (secondary N) is 1. The molecule has 25 heavy (non-hydrogen) atoms. The number of rotatable bonds is 5. The predicted octanol–water partition coefficient (Wildman–Crippen LogP) is 3.87. The van der Waals surface area contributed by atoms with Gasteiger partial charge in [-0.2, -0.15) is 0 Å². The predicted molar refractivity (Wildman–Crippen MR) is 106 cm³/mol. The van der Waals surface area contributed by atoms with Crippen molar-refractivity contribution >= 4 is 45.2 Å². The molecular formula is C20H16INO3. The van der Waals surface area contributed by atoms with Gasteiger partial charge in [0, 0.05) is 15.6 Å². The summed E-state index contributed by atoms with van der Waals surface area (Å²) < 4.78 is 0.978. The highest BCUT2D eigenvalue weighted by atomic mass is 127. The Balaban J connectivity index is 1.80. The molecule has 5 heteroatoms. The number of benzene rings is 3. The van der Waals surface area contributed by atoms with Crippen LogP contribution in [-0.2, 0) is 11.2 Å². The number of aliphatic carboxylic acids is 1. The van der Waals surface area contributed by atoms with Crippen molar-refractivity contribution in [1.82, 2.24) is 5.32 Å². The number of carboxylic acids is 1. The van der Waals surface area contributed by atoms with E-state index < -0.39 is 12.0 Å². The van der Waals surface area contributed by atoms with E-state index >= 15 is 0 Å². The second-order valence-corrected chi connectivity index (χ2v) is 6.88. The summed E-state index contributed by atoms with van der Waals surface area (Å²) in [6.45, 7) is 0. The van der Waals surface area contributed by atoms with Crippen LogP contribution in [0.15, 0.2) is 66.7 Å². The van der Waals surface area contributed by atoms with Crippen molar-refractivity contribution in [3.05, 3.63) is 81.4 Å². The molecule has 0 radical (unpaired) electrons. The average molecular weight is 445 g/mol. The summed E-state index contributed by atoms with van der Waals surface area (Å²) in [6.07, 6.45) is 0.244. The molecule has 0 aromatic heterocycles. The second kappa shape index (κ2) is 7.65. The van der Waals surface area contributed by atoms with E-state index in [1.54, 1.807) is 12.1 Å². The first-order valence-corrected chi connectivity index (χ1v) is 8.88. The van der Waals surface area contributed by atoms with Crippen LogP contribution in [0.1, 0.15) is 15.9 Å². The number of hydrogen-bond acceptors (Lipinski definition) is 2. The van der Waals surface area contributed by atoms with Gasteiger partial charge in [-0.05, 0) is 57.1 Å². The molecule has 0 spiro atoms. The van der Waals surface area contributed by atoms with Gasteiger partial charge in [0.15, 0.2) is 0 Å². The molecule has 2 N–H and O–H groups in total. The van der Waals surface area contributed by atoms with Gasteiger partial charge in [-0.25, -0.2) is 4.79 Å². The molecule has 0 bridgehead atoms. The summed E-state index contributed by atoms with van der Waals surface area (Å²) in [5, 5.41) is 14.1. The molecule has 3 rings (SSSR count). The highest BCUT2D eigenvalue weighted by molar-refractivity contribution is 14.1. The van der Waals surface area contributed by atoms with Gasteiger partial charge in [0.1, 0.15) is 6.04 Å². The van der Waals surface area contributed by atoms with E-state index in [1.165, 1.54) is 0 Å². The van der Waals surface area contributed by atoms with Crippen molar-refractivity contribution in [3.63, 3.8) is 0 Å². The summed E-state index contributed by atoms with van der Waals surface area (Å²) in [7, 11) is 0. The molecule has 0 fully saturated rings. The third-order valence-corrected chi connectivity index (χ3v) is 5.05. The topological polar surface area (TPSA) is 66.4 Å². The number of hydrogen-bond donors (Lipinski definition) is 2. The zero-order valence-electron chi connectivity index (χ0n) is 13.3. The fourth-order valence-electron chi connectivity index (χ4n) is 2.66. The summed E-state index contributed by atoms with van der Waals surface area (Å²) in [5.41, 5.74) is 1.35. The van der Waals surface area contributed by atoms with Crippen LogP contribution in [0.25, 0.3) is 10.8 Å². The molecule has 0 aliphatic rings. The van der Waals surface area contributed by atoms with E-state index in [4.69, 9.17) is 0 Å². The molecule has 0 saturated heterocycles. The number of amides is 1. The van der Waals surface area contributed by atoms with E-state index in [-0.39, 0.29) is 12.3 Å². The van der Waals surface area contributed by atoms with Crippen LogP contribution in [0, 0.1) is 3.57 Å². The molecule has 0 aliphatic carbocycles. The highest BCUT2D eigenvalue weighted by Gasteiger charge is 2.22. The molecule has 4 nitrogen and oxygen atoms in total. The number of fused-ring (bicyclic) bond motifs is 1. The largest absolute Gasteiger partial charge is 0.480 e. The number of carbonyl (C=O) groups is 2. The third-order valence-electron chi connectivity index (χ3n) is 4.00. The van der Waals surface area contributed by atoms with Crippen LogP contribution in [0.2, 0.25) is 0 Å². The van der Waals surface area contributed by atoms with E-state index in [0.717, 1.165) is 19.9 Å². The van der Waals surface area contributed by atoms with Gasteiger partial charge < -0.3 is 10.4 Å². The standard InChI is InChI=1S/C20H16INO3/c21-17-8-4-3-7-15(17)12-18(20(24)25)22-19(23)16-10-9-13-5-1-2-6-14(13)11-16/h1-11,18H,12H2,(H,22,23)(H,24,25)/t18-/m0/s1. The van der Waals surface area contributed by atoms with Gasteiger partial charge in [0.25, 0.3) is 5.91 Å². The first-order chi connectivity index (χ1) is 12.0. The van der Waals surface area contributed by atoms with Gasteiger partial charge in [-0.1, -0.05) is 48.5 Å². The van der Waals surface area contributed by atoms with E-state index in [9.17, 15) is 14.7 Å². The normalized spacial score (nSPS) is 11.9. The fraction of sp³-hybridized carbons (Fsp3) is 0.100.